The fourth-order valence-corrected chi connectivity index (χ4v) is 1.78. The molecule has 0 aliphatic carbocycles. The molecule has 2 aromatic rings. The quantitative estimate of drug-likeness (QED) is 0.604. The molecule has 0 fully saturated rings. The average Bonchev–Trinajstić information content (AvgIpc) is 2.50. The molecule has 0 unspecified atom stereocenters. The summed E-state index contributed by atoms with van der Waals surface area (Å²) in [7, 11) is 0. The van der Waals surface area contributed by atoms with E-state index in [4.69, 9.17) is 23.2 Å². The second kappa shape index (κ2) is 6.72. The summed E-state index contributed by atoms with van der Waals surface area (Å²) in [6.07, 6.45) is 0. The van der Waals surface area contributed by atoms with Crippen LogP contribution in [0.4, 0.5) is 8.78 Å². The van der Waals surface area contributed by atoms with Gasteiger partial charge in [-0.05, 0) is 36.4 Å². The molecule has 0 spiro atoms. The summed E-state index contributed by atoms with van der Waals surface area (Å²) in [5.41, 5.74) is -0.229. The van der Waals surface area contributed by atoms with Crippen molar-refractivity contribution in [3.63, 3.8) is 0 Å². The fraction of sp³-hybridized carbons (Fsp3) is 0. The Kier molecular flexibility index (Phi) is 4.95. The van der Waals surface area contributed by atoms with Crippen molar-refractivity contribution in [1.29, 1.82) is 0 Å². The van der Waals surface area contributed by atoms with E-state index in [2.05, 4.69) is 9.78 Å². The maximum absolute atomic E-state index is 13.0. The molecule has 0 aliphatic heterocycles. The highest BCUT2D eigenvalue weighted by Gasteiger charge is 2.16. The van der Waals surface area contributed by atoms with E-state index >= 15 is 0 Å². The lowest BCUT2D eigenvalue weighted by molar-refractivity contribution is -0.187. The third kappa shape index (κ3) is 3.72. The number of halogens is 4. The molecule has 0 N–H and O–H groups in total. The minimum Gasteiger partial charge on any atom is -0.242 e. The number of benzene rings is 2. The van der Waals surface area contributed by atoms with E-state index in [1.165, 1.54) is 0 Å². The second-order valence-electron chi connectivity index (χ2n) is 4.00. The predicted molar refractivity (Wildman–Crippen MR) is 73.7 cm³/mol. The maximum atomic E-state index is 13.0. The Balaban J connectivity index is 2.02. The molecule has 2 rings (SSSR count). The minimum absolute atomic E-state index is 0.115. The summed E-state index contributed by atoms with van der Waals surface area (Å²) in [5.74, 6) is -3.53. The number of carbonyl (C=O) groups is 2. The minimum atomic E-state index is -1.05. The first kappa shape index (κ1) is 16.2. The van der Waals surface area contributed by atoms with Gasteiger partial charge in [0, 0.05) is 0 Å². The zero-order valence-corrected chi connectivity index (χ0v) is 12.1. The maximum Gasteiger partial charge on any atom is 0.386 e. The van der Waals surface area contributed by atoms with Crippen molar-refractivity contribution in [3.05, 3.63) is 69.2 Å². The Morgan fingerprint density at radius 2 is 1.14 bits per heavy atom. The van der Waals surface area contributed by atoms with Gasteiger partial charge in [0.05, 0.1) is 21.2 Å². The Labute approximate surface area is 133 Å². The van der Waals surface area contributed by atoms with Crippen LogP contribution in [0.1, 0.15) is 20.7 Å². The summed E-state index contributed by atoms with van der Waals surface area (Å²) >= 11 is 11.0. The predicted octanol–water partition coefficient (Wildman–Crippen LogP) is 4.20. The average molecular weight is 347 g/mol. The van der Waals surface area contributed by atoms with Gasteiger partial charge in [-0.1, -0.05) is 23.2 Å². The zero-order valence-electron chi connectivity index (χ0n) is 10.6. The van der Waals surface area contributed by atoms with Crippen molar-refractivity contribution in [1.82, 2.24) is 0 Å². The van der Waals surface area contributed by atoms with Crippen LogP contribution in [0.3, 0.4) is 0 Å². The molecule has 0 bridgehead atoms. The summed E-state index contributed by atoms with van der Waals surface area (Å²) < 4.78 is 25.9. The van der Waals surface area contributed by atoms with E-state index in [1.54, 1.807) is 0 Å². The molecule has 0 aromatic heterocycles. The number of rotatable bonds is 2. The third-order valence-corrected chi connectivity index (χ3v) is 3.08. The Morgan fingerprint density at radius 1 is 0.773 bits per heavy atom. The van der Waals surface area contributed by atoms with Crippen molar-refractivity contribution in [3.8, 4) is 0 Å². The van der Waals surface area contributed by atoms with Crippen LogP contribution in [0.15, 0.2) is 36.4 Å². The highest BCUT2D eigenvalue weighted by molar-refractivity contribution is 6.31. The molecule has 2 aromatic carbocycles. The van der Waals surface area contributed by atoms with Crippen molar-refractivity contribution in [2.24, 2.45) is 0 Å². The van der Waals surface area contributed by atoms with E-state index in [1.807, 2.05) is 0 Å². The first-order valence-electron chi connectivity index (χ1n) is 5.72. The van der Waals surface area contributed by atoms with Crippen LogP contribution in [0.2, 0.25) is 10.0 Å². The molecule has 0 aliphatic rings. The Bertz CT molecular complexity index is 686. The van der Waals surface area contributed by atoms with E-state index in [0.29, 0.717) is 0 Å². The van der Waals surface area contributed by atoms with Gasteiger partial charge in [0.15, 0.2) is 0 Å². The van der Waals surface area contributed by atoms with Crippen LogP contribution in [0.5, 0.6) is 0 Å². The summed E-state index contributed by atoms with van der Waals surface area (Å²) in [5, 5.41) is -0.572. The van der Waals surface area contributed by atoms with Crippen LogP contribution in [-0.4, -0.2) is 11.9 Å². The second-order valence-corrected chi connectivity index (χ2v) is 4.81. The fourth-order valence-electron chi connectivity index (χ4n) is 1.42. The van der Waals surface area contributed by atoms with E-state index in [9.17, 15) is 18.4 Å². The molecule has 0 heterocycles. The molecule has 8 heteroatoms. The molecule has 0 atom stereocenters. The van der Waals surface area contributed by atoms with Crippen molar-refractivity contribution in [2.45, 2.75) is 0 Å². The third-order valence-electron chi connectivity index (χ3n) is 2.50. The number of hydrogen-bond donors (Lipinski definition) is 0. The molecule has 22 heavy (non-hydrogen) atoms. The Morgan fingerprint density at radius 3 is 1.45 bits per heavy atom. The summed E-state index contributed by atoms with van der Waals surface area (Å²) in [4.78, 5) is 31.8. The van der Waals surface area contributed by atoms with E-state index in [-0.39, 0.29) is 21.2 Å². The van der Waals surface area contributed by atoms with E-state index in [0.717, 1.165) is 36.4 Å². The van der Waals surface area contributed by atoms with Gasteiger partial charge in [-0.25, -0.2) is 28.1 Å². The monoisotopic (exact) mass is 346 g/mol. The highest BCUT2D eigenvalue weighted by Crippen LogP contribution is 2.18. The van der Waals surface area contributed by atoms with Crippen LogP contribution in [0, 0.1) is 11.6 Å². The molecular weight excluding hydrogens is 341 g/mol. The van der Waals surface area contributed by atoms with Gasteiger partial charge >= 0.3 is 11.9 Å². The van der Waals surface area contributed by atoms with Crippen molar-refractivity contribution >= 4 is 35.1 Å². The summed E-state index contributed by atoms with van der Waals surface area (Å²) in [6, 6.07) is 6.16. The lowest BCUT2D eigenvalue weighted by Crippen LogP contribution is -2.12. The highest BCUT2D eigenvalue weighted by atomic mass is 35.5. The molecule has 0 saturated carbocycles. The first-order chi connectivity index (χ1) is 10.4. The van der Waals surface area contributed by atoms with Gasteiger partial charge < -0.3 is 0 Å². The van der Waals surface area contributed by atoms with Gasteiger partial charge in [0.2, 0.25) is 0 Å². The normalized spacial score (nSPS) is 10.2. The largest absolute Gasteiger partial charge is 0.386 e. The topological polar surface area (TPSA) is 52.6 Å². The zero-order chi connectivity index (χ0) is 16.3. The smallest absolute Gasteiger partial charge is 0.242 e. The first-order valence-corrected chi connectivity index (χ1v) is 6.47. The molecule has 0 saturated heterocycles. The van der Waals surface area contributed by atoms with E-state index < -0.39 is 23.6 Å². The number of carbonyl (C=O) groups excluding carboxylic acids is 2. The van der Waals surface area contributed by atoms with Crippen LogP contribution < -0.4 is 0 Å². The van der Waals surface area contributed by atoms with Crippen LogP contribution >= 0.6 is 23.2 Å². The molecule has 114 valence electrons. The number of hydrogen-bond acceptors (Lipinski definition) is 4. The lowest BCUT2D eigenvalue weighted by Gasteiger charge is -2.04. The lowest BCUT2D eigenvalue weighted by atomic mass is 10.2. The SMILES string of the molecule is O=C(OOC(=O)c1ccc(F)c(Cl)c1)c1ccc(F)c(Cl)c1. The van der Waals surface area contributed by atoms with Gasteiger partial charge in [0.1, 0.15) is 11.6 Å². The van der Waals surface area contributed by atoms with Crippen molar-refractivity contribution in [2.75, 3.05) is 0 Å². The van der Waals surface area contributed by atoms with Crippen LogP contribution in [0.25, 0.3) is 0 Å². The van der Waals surface area contributed by atoms with Gasteiger partial charge in [-0.3, -0.25) is 0 Å². The molecular formula is C14H6Cl2F2O4. The van der Waals surface area contributed by atoms with Gasteiger partial charge in [-0.2, -0.15) is 0 Å². The van der Waals surface area contributed by atoms with Crippen LogP contribution in [-0.2, 0) is 9.78 Å². The molecule has 0 radical (unpaired) electrons. The van der Waals surface area contributed by atoms with Crippen molar-refractivity contribution < 1.29 is 28.1 Å². The standard InChI is InChI=1S/C14H6Cl2F2O4/c15-9-5-7(1-3-11(9)17)13(19)21-22-14(20)8-2-4-12(18)10(16)6-8/h1-6H. The Hall–Kier alpha value is -2.18. The summed E-state index contributed by atoms with van der Waals surface area (Å²) in [6.45, 7) is 0. The molecule has 4 nitrogen and oxygen atoms in total. The molecule has 0 amide bonds. The van der Waals surface area contributed by atoms with Gasteiger partial charge in [0.25, 0.3) is 0 Å². The van der Waals surface area contributed by atoms with Gasteiger partial charge in [-0.15, -0.1) is 0 Å².